The molecule has 12 aromatic rings. The number of carbonyl (C=O) groups excluding carboxylic acids is 4. The minimum atomic E-state index is -1.38. The molecular formula is C118H100N12O8+4. The van der Waals surface area contributed by atoms with Crippen LogP contribution >= 0.6 is 0 Å². The van der Waals surface area contributed by atoms with Crippen LogP contribution in [0.1, 0.15) is 148 Å². The first-order chi connectivity index (χ1) is 66.9. The molecule has 0 radical (unpaired) electrons. The number of anilines is 4. The summed E-state index contributed by atoms with van der Waals surface area (Å²) in [5.74, 6) is -0.977. The van der Waals surface area contributed by atoms with Crippen molar-refractivity contribution in [2.45, 2.75) is 92.9 Å². The quantitative estimate of drug-likeness (QED) is 0.0543. The van der Waals surface area contributed by atoms with Crippen LogP contribution in [0.25, 0.3) is 44.6 Å². The summed E-state index contributed by atoms with van der Waals surface area (Å²) >= 11 is 0. The van der Waals surface area contributed by atoms with Gasteiger partial charge in [0.25, 0.3) is 0 Å². The van der Waals surface area contributed by atoms with Crippen LogP contribution in [0.3, 0.4) is 0 Å². The van der Waals surface area contributed by atoms with E-state index in [0.29, 0.717) is 56.9 Å². The molecule has 5 unspecified atom stereocenters. The number of allylic oxidation sites excluding steroid dienone is 8. The number of hydrogen-bond acceptors (Lipinski definition) is 8. The Morgan fingerprint density at radius 2 is 0.493 bits per heavy atom. The SMILES string of the molecule is C1=CC2=[N+]3C1=C(c1ccccc1)c1ccc4n1C31n3c(ccc3=C(c3ccccc3)C3=[N+]1C(=C4c1ccccc1)C=C3)=C2c1ccccc1.COc1cccc(OC)c1C1=C2C=CC3=[N+]2C24n5c(ccc51)C(c1c(NC(=O)C5CC5(C)C)cccc1NC(=O)C1CC1(C)C)=C1C=CC(=[N+]12)C(c1c(OC)cccc1OC)=c1ccc(n14)=C3c1c(NC(=O)C2CC2(C)C)cccc1NC(=O)C1CC1(C)C. The second kappa shape index (κ2) is 28.3. The van der Waals surface area contributed by atoms with Gasteiger partial charge in [-0.15, -0.1) is 0 Å². The average Bonchev–Trinajstić information content (AvgIpc) is 1.44. The van der Waals surface area contributed by atoms with Crippen LogP contribution in [0.2, 0.25) is 0 Å². The third-order valence-corrected chi connectivity index (χ3v) is 32.1. The zero-order valence-electron chi connectivity index (χ0n) is 78.7. The van der Waals surface area contributed by atoms with Crippen molar-refractivity contribution in [3.05, 3.63) is 403 Å². The molecule has 16 aliphatic rings. The van der Waals surface area contributed by atoms with E-state index in [2.05, 4.69) is 332 Å². The van der Waals surface area contributed by atoms with Crippen molar-refractivity contribution in [3.63, 3.8) is 0 Å². The van der Waals surface area contributed by atoms with E-state index in [9.17, 15) is 19.2 Å². The number of carbonyl (C=O) groups is 4. The molecule has 0 saturated heterocycles. The monoisotopic (exact) mass is 1810 g/mol. The number of benzene rings is 8. The molecule has 4 amide bonds. The molecule has 20 heteroatoms. The van der Waals surface area contributed by atoms with Gasteiger partial charge in [0.2, 0.25) is 69.3 Å². The second-order valence-electron chi connectivity index (χ2n) is 41.6. The minimum absolute atomic E-state index is 0.0876. The van der Waals surface area contributed by atoms with Crippen LogP contribution in [0.4, 0.5) is 22.7 Å². The highest BCUT2D eigenvalue weighted by atomic mass is 16.5. The van der Waals surface area contributed by atoms with Crippen molar-refractivity contribution in [3.8, 4) is 23.0 Å². The molecule has 4 aliphatic carbocycles. The van der Waals surface area contributed by atoms with Crippen molar-refractivity contribution in [2.75, 3.05) is 49.7 Å². The Morgan fingerprint density at radius 1 is 0.261 bits per heavy atom. The lowest BCUT2D eigenvalue weighted by molar-refractivity contribution is -0.834. The van der Waals surface area contributed by atoms with E-state index in [1.165, 1.54) is 89.4 Å². The van der Waals surface area contributed by atoms with Crippen molar-refractivity contribution in [1.82, 2.24) is 18.3 Å². The van der Waals surface area contributed by atoms with Crippen molar-refractivity contribution >= 4 is 114 Å². The molecule has 4 aromatic heterocycles. The summed E-state index contributed by atoms with van der Waals surface area (Å²) in [6.07, 6.45) is 21.0. The molecule has 4 fully saturated rings. The van der Waals surface area contributed by atoms with E-state index >= 15 is 0 Å². The van der Waals surface area contributed by atoms with Gasteiger partial charge in [-0.1, -0.05) is 219 Å². The average molecular weight is 1810 g/mol. The lowest BCUT2D eigenvalue weighted by atomic mass is 9.90. The molecule has 138 heavy (non-hydrogen) atoms. The normalized spacial score (nSPS) is 22.1. The zero-order chi connectivity index (χ0) is 93.8. The molecule has 20 nitrogen and oxygen atoms in total. The van der Waals surface area contributed by atoms with Crippen LogP contribution < -0.4 is 61.6 Å². The van der Waals surface area contributed by atoms with E-state index in [0.717, 1.165) is 104 Å². The fourth-order valence-electron chi connectivity index (χ4n) is 24.9. The number of aromatic nitrogens is 4. The van der Waals surface area contributed by atoms with Gasteiger partial charge in [0.15, 0.2) is 0 Å². The van der Waals surface area contributed by atoms with E-state index in [1.54, 1.807) is 28.4 Å². The highest BCUT2D eigenvalue weighted by molar-refractivity contribution is 6.33. The molecule has 676 valence electrons. The number of ether oxygens (including phenoxy) is 4. The Balaban J connectivity index is 0.000000164. The van der Waals surface area contributed by atoms with E-state index < -0.39 is 11.8 Å². The Kier molecular flexibility index (Phi) is 16.8. The fourth-order valence-corrected chi connectivity index (χ4v) is 24.9. The zero-order valence-corrected chi connectivity index (χ0v) is 78.7. The first kappa shape index (κ1) is 81.6. The molecule has 2 spiro atoms. The maximum Gasteiger partial charge on any atom is 0.553 e. The number of nitrogens with zero attached hydrogens (tertiary/aromatic N) is 8. The first-order valence-corrected chi connectivity index (χ1v) is 47.9. The number of rotatable bonds is 20. The molecule has 4 saturated carbocycles. The van der Waals surface area contributed by atoms with Gasteiger partial charge in [0.05, 0.1) is 151 Å². The van der Waals surface area contributed by atoms with Crippen LogP contribution in [0.15, 0.2) is 314 Å². The van der Waals surface area contributed by atoms with Gasteiger partial charge >= 0.3 is 11.8 Å². The number of hydrogen-bond donors (Lipinski definition) is 4. The van der Waals surface area contributed by atoms with Crippen LogP contribution in [0.5, 0.6) is 23.0 Å². The summed E-state index contributed by atoms with van der Waals surface area (Å²) in [4.78, 5) is 58.8. The predicted molar refractivity (Wildman–Crippen MR) is 535 cm³/mol. The van der Waals surface area contributed by atoms with Gasteiger partial charge in [-0.3, -0.25) is 19.2 Å². The summed E-state index contributed by atoms with van der Waals surface area (Å²) in [6.45, 7) is 16.9. The molecule has 12 aliphatic heterocycles. The summed E-state index contributed by atoms with van der Waals surface area (Å²) in [7, 11) is 6.68. The van der Waals surface area contributed by atoms with Crippen LogP contribution in [-0.4, -0.2) is 111 Å². The first-order valence-electron chi connectivity index (χ1n) is 47.9. The summed E-state index contributed by atoms with van der Waals surface area (Å²) in [6, 6.07) is 85.0. The molecule has 16 heterocycles. The molecule has 28 rings (SSSR count). The maximum absolute atomic E-state index is 14.7. The highest BCUT2D eigenvalue weighted by Gasteiger charge is 2.76. The lowest BCUT2D eigenvalue weighted by Crippen LogP contribution is -2.71. The minimum Gasteiger partial charge on any atom is -0.496 e. The maximum atomic E-state index is 14.7. The summed E-state index contributed by atoms with van der Waals surface area (Å²) < 4.78 is 45.6. The smallest absolute Gasteiger partial charge is 0.496 e. The van der Waals surface area contributed by atoms with Crippen molar-refractivity contribution < 1.29 is 56.4 Å². The molecule has 5 atom stereocenters. The van der Waals surface area contributed by atoms with Gasteiger partial charge < -0.3 is 40.2 Å². The van der Waals surface area contributed by atoms with E-state index in [-0.39, 0.29) is 69.0 Å². The van der Waals surface area contributed by atoms with Crippen molar-refractivity contribution in [2.24, 2.45) is 45.3 Å². The number of nitrogens with one attached hydrogen (secondary N) is 4. The molecular weight excluding hydrogens is 1710 g/mol. The van der Waals surface area contributed by atoms with E-state index in [4.69, 9.17) is 18.9 Å². The number of methoxy groups -OCH3 is 4. The molecule has 8 aromatic carbocycles. The topological polar surface area (TPSA) is 185 Å². The van der Waals surface area contributed by atoms with Gasteiger partial charge in [-0.25, -0.2) is 0 Å². The lowest BCUT2D eigenvalue weighted by Gasteiger charge is -2.41. The second-order valence-corrected chi connectivity index (χ2v) is 41.6. The fraction of sp³-hybridized carbons (Fsp3) is 0.220. The molecule has 4 N–H and O–H groups in total. The third-order valence-electron chi connectivity index (χ3n) is 32.1. The third kappa shape index (κ3) is 10.8. The predicted octanol–water partition coefficient (Wildman–Crippen LogP) is 16.8. The van der Waals surface area contributed by atoms with Gasteiger partial charge in [0, 0.05) is 83.4 Å². The Hall–Kier alpha value is -16.0. The van der Waals surface area contributed by atoms with Gasteiger partial charge in [-0.2, -0.15) is 18.3 Å². The Labute approximate surface area is 797 Å². The van der Waals surface area contributed by atoms with E-state index in [1.807, 2.05) is 72.8 Å². The van der Waals surface area contributed by atoms with Crippen molar-refractivity contribution in [1.29, 1.82) is 0 Å². The number of amides is 4. The Morgan fingerprint density at radius 3 is 0.783 bits per heavy atom. The standard InChI is InChI=1S/C73H70N8O8.C45H28N4/c1-69(2)33-37(69)65(82)74-41-17-13-18-42(75-66(83)38-34-70(38,3)4)57(41)59-45-25-29-49-61(63-53(86-9)21-15-22-54(63)87-10)51-31-27-47-60(58-43(76-67(84)39-35-71(39,5)6)19-14-20-44(58)77-68(85)40-36-72(40,7)8)48-28-32-52-62(64-55(88-11)23-16-24-56(64)89-12)50-30-26-46(59)79(50)73(78(45)49,80(47)51)81(48)52;1-5-13-29(14-6-1)41-33-21-23-35-42(30-15-7-2-8-16-30)37-25-27-39-44(32-19-11-4-12-20-32)40-28-26-38-43(31-17-9-3-10-18-31)36-24-22-34(41)47(36)45(46(33)35,48(37)39)49(38)40/h13-32,37-40H,33-36H2,1-12H3,(H2-,74,75,76,77,82,83,84,85);1-28H/q;+2/p+2. The highest BCUT2D eigenvalue weighted by Crippen LogP contribution is 2.62. The van der Waals surface area contributed by atoms with Gasteiger partial charge in [-0.05, 0) is 167 Å². The molecule has 0 bridgehead atoms. The Bertz CT molecular complexity index is 8120. The van der Waals surface area contributed by atoms with Crippen LogP contribution in [-0.2, 0) is 31.0 Å². The largest absolute Gasteiger partial charge is 0.553 e. The summed E-state index contributed by atoms with van der Waals surface area (Å²) in [5, 5.41) is 17.8. The summed E-state index contributed by atoms with van der Waals surface area (Å²) in [5.41, 5.74) is 29.4. The van der Waals surface area contributed by atoms with Crippen LogP contribution in [0, 0.1) is 45.3 Å². The van der Waals surface area contributed by atoms with Gasteiger partial charge in [0.1, 0.15) is 23.0 Å².